The molecule has 112 valence electrons. The number of rotatable bonds is 3. The minimum Gasteiger partial charge on any atom is -0.380 e. The first-order valence-corrected chi connectivity index (χ1v) is 7.54. The van der Waals surface area contributed by atoms with Crippen molar-refractivity contribution in [1.82, 2.24) is 4.98 Å². The Hall–Kier alpha value is -2.26. The lowest BCUT2D eigenvalue weighted by Gasteiger charge is -2.09. The molecular formula is C18H17ClN2O. The van der Waals surface area contributed by atoms with E-state index in [0.717, 1.165) is 16.6 Å². The normalized spacial score (nSPS) is 10.9. The molecule has 3 aromatic rings. The van der Waals surface area contributed by atoms with Crippen LogP contribution in [0.4, 0.5) is 5.69 Å². The molecule has 0 unspecified atom stereocenters. The molecule has 2 N–H and O–H groups in total. The fourth-order valence-corrected chi connectivity index (χ4v) is 2.65. The summed E-state index contributed by atoms with van der Waals surface area (Å²) in [7, 11) is 0. The molecule has 0 atom stereocenters. The maximum absolute atomic E-state index is 12.2. The van der Waals surface area contributed by atoms with Crippen LogP contribution in [0.1, 0.15) is 16.7 Å². The lowest BCUT2D eigenvalue weighted by molar-refractivity contribution is 1.09. The molecule has 3 rings (SSSR count). The smallest absolute Gasteiger partial charge is 0.253 e. The number of aryl methyl sites for hydroxylation is 2. The molecule has 2 aromatic carbocycles. The van der Waals surface area contributed by atoms with Gasteiger partial charge in [0.2, 0.25) is 0 Å². The van der Waals surface area contributed by atoms with Crippen molar-refractivity contribution in [3.05, 3.63) is 74.5 Å². The van der Waals surface area contributed by atoms with Crippen molar-refractivity contribution in [3.8, 4) is 0 Å². The second-order valence-electron chi connectivity index (χ2n) is 5.48. The molecule has 4 heteroatoms. The van der Waals surface area contributed by atoms with E-state index < -0.39 is 0 Å². The number of H-pyrrole nitrogens is 1. The third-order valence-corrected chi connectivity index (χ3v) is 4.21. The predicted molar refractivity (Wildman–Crippen MR) is 92.8 cm³/mol. The van der Waals surface area contributed by atoms with Gasteiger partial charge in [-0.3, -0.25) is 4.79 Å². The van der Waals surface area contributed by atoms with Gasteiger partial charge in [0, 0.05) is 17.6 Å². The summed E-state index contributed by atoms with van der Waals surface area (Å²) in [5, 5.41) is 4.89. The van der Waals surface area contributed by atoms with Gasteiger partial charge in [0.25, 0.3) is 5.56 Å². The van der Waals surface area contributed by atoms with Gasteiger partial charge in [0.1, 0.15) is 0 Å². The molecule has 0 bridgehead atoms. The molecule has 0 aliphatic rings. The Labute approximate surface area is 133 Å². The van der Waals surface area contributed by atoms with Gasteiger partial charge in [-0.05, 0) is 60.7 Å². The number of hydrogen-bond acceptors (Lipinski definition) is 2. The van der Waals surface area contributed by atoms with Crippen LogP contribution in [0.15, 0.2) is 47.3 Å². The standard InChI is InChI=1S/C18H17ClN2O/c1-11-7-13-9-14(18(22)21-17(13)8-12(11)2)10-20-16-6-4-3-5-15(16)19/h3-9,20H,10H2,1-2H3,(H,21,22). The average Bonchev–Trinajstić information content (AvgIpc) is 2.48. The Bertz CT molecular complexity index is 899. The minimum atomic E-state index is -0.0738. The summed E-state index contributed by atoms with van der Waals surface area (Å²) in [5.41, 5.74) is 4.69. The SMILES string of the molecule is Cc1cc2cc(CNc3ccccc3Cl)c(=O)[nH]c2cc1C. The zero-order valence-corrected chi connectivity index (χ0v) is 13.3. The van der Waals surface area contributed by atoms with E-state index in [-0.39, 0.29) is 5.56 Å². The lowest BCUT2D eigenvalue weighted by atomic mass is 10.0. The number of nitrogens with one attached hydrogen (secondary N) is 2. The summed E-state index contributed by atoms with van der Waals surface area (Å²) < 4.78 is 0. The third kappa shape index (κ3) is 2.85. The summed E-state index contributed by atoms with van der Waals surface area (Å²) in [4.78, 5) is 15.2. The number of pyridine rings is 1. The first kappa shape index (κ1) is 14.7. The second kappa shape index (κ2) is 5.85. The Kier molecular flexibility index (Phi) is 3.90. The quantitative estimate of drug-likeness (QED) is 0.752. The van der Waals surface area contributed by atoms with Crippen molar-refractivity contribution >= 4 is 28.2 Å². The van der Waals surface area contributed by atoms with Crippen LogP contribution in [0.5, 0.6) is 0 Å². The van der Waals surface area contributed by atoms with E-state index in [9.17, 15) is 4.79 Å². The van der Waals surface area contributed by atoms with Crippen LogP contribution in [0.25, 0.3) is 10.9 Å². The highest BCUT2D eigenvalue weighted by Crippen LogP contribution is 2.21. The summed E-state index contributed by atoms with van der Waals surface area (Å²) in [6.07, 6.45) is 0. The number of benzene rings is 2. The van der Waals surface area contributed by atoms with Gasteiger partial charge in [-0.1, -0.05) is 23.7 Å². The topological polar surface area (TPSA) is 44.9 Å². The van der Waals surface area contributed by atoms with Crippen molar-refractivity contribution in [3.63, 3.8) is 0 Å². The van der Waals surface area contributed by atoms with Gasteiger partial charge in [0.05, 0.1) is 10.7 Å². The van der Waals surface area contributed by atoms with Gasteiger partial charge < -0.3 is 10.3 Å². The van der Waals surface area contributed by atoms with Crippen molar-refractivity contribution in [2.45, 2.75) is 20.4 Å². The largest absolute Gasteiger partial charge is 0.380 e. The van der Waals surface area contributed by atoms with Crippen LogP contribution in [0.2, 0.25) is 5.02 Å². The maximum atomic E-state index is 12.2. The van der Waals surface area contributed by atoms with Crippen molar-refractivity contribution in [2.24, 2.45) is 0 Å². The fourth-order valence-electron chi connectivity index (χ4n) is 2.45. The molecule has 3 nitrogen and oxygen atoms in total. The van der Waals surface area contributed by atoms with Crippen LogP contribution >= 0.6 is 11.6 Å². The molecule has 0 aliphatic carbocycles. The molecule has 0 amide bonds. The fraction of sp³-hybridized carbons (Fsp3) is 0.167. The summed E-state index contributed by atoms with van der Waals surface area (Å²) in [6, 6.07) is 13.5. The van der Waals surface area contributed by atoms with Gasteiger partial charge in [-0.25, -0.2) is 0 Å². The van der Waals surface area contributed by atoms with E-state index in [1.807, 2.05) is 43.3 Å². The first-order chi connectivity index (χ1) is 10.5. The first-order valence-electron chi connectivity index (χ1n) is 7.16. The second-order valence-corrected chi connectivity index (χ2v) is 5.89. The number of anilines is 1. The molecule has 0 radical (unpaired) electrons. The Morgan fingerprint density at radius 1 is 1.09 bits per heavy atom. The summed E-state index contributed by atoms with van der Waals surface area (Å²) in [5.74, 6) is 0. The van der Waals surface area contributed by atoms with Gasteiger partial charge in [0.15, 0.2) is 0 Å². The highest BCUT2D eigenvalue weighted by atomic mass is 35.5. The average molecular weight is 313 g/mol. The zero-order valence-electron chi connectivity index (χ0n) is 12.5. The van der Waals surface area contributed by atoms with Gasteiger partial charge in [-0.15, -0.1) is 0 Å². The highest BCUT2D eigenvalue weighted by molar-refractivity contribution is 6.33. The molecule has 0 fully saturated rings. The molecule has 0 aliphatic heterocycles. The van der Waals surface area contributed by atoms with Crippen LogP contribution in [0, 0.1) is 13.8 Å². The predicted octanol–water partition coefficient (Wildman–Crippen LogP) is 4.41. The van der Waals surface area contributed by atoms with Gasteiger partial charge in [-0.2, -0.15) is 0 Å². The van der Waals surface area contributed by atoms with Crippen LogP contribution < -0.4 is 10.9 Å². The molecular weight excluding hydrogens is 296 g/mol. The molecule has 1 aromatic heterocycles. The van der Waals surface area contributed by atoms with Gasteiger partial charge >= 0.3 is 0 Å². The number of aromatic nitrogens is 1. The molecule has 0 saturated heterocycles. The van der Waals surface area contributed by atoms with E-state index in [2.05, 4.69) is 23.3 Å². The number of hydrogen-bond donors (Lipinski definition) is 2. The number of fused-ring (bicyclic) bond motifs is 1. The monoisotopic (exact) mass is 312 g/mol. The third-order valence-electron chi connectivity index (χ3n) is 3.88. The minimum absolute atomic E-state index is 0.0738. The van der Waals surface area contributed by atoms with Crippen LogP contribution in [0.3, 0.4) is 0 Å². The van der Waals surface area contributed by atoms with E-state index in [4.69, 9.17) is 11.6 Å². The van der Waals surface area contributed by atoms with E-state index in [1.54, 1.807) is 0 Å². The Balaban J connectivity index is 1.94. The molecule has 22 heavy (non-hydrogen) atoms. The summed E-state index contributed by atoms with van der Waals surface area (Å²) >= 11 is 6.12. The zero-order chi connectivity index (χ0) is 15.7. The molecule has 0 spiro atoms. The molecule has 1 heterocycles. The number of halogens is 1. The van der Waals surface area contributed by atoms with E-state index in [1.165, 1.54) is 11.1 Å². The van der Waals surface area contributed by atoms with E-state index >= 15 is 0 Å². The van der Waals surface area contributed by atoms with Crippen LogP contribution in [-0.4, -0.2) is 4.98 Å². The summed E-state index contributed by atoms with van der Waals surface area (Å²) in [6.45, 7) is 4.55. The lowest BCUT2D eigenvalue weighted by Crippen LogP contribution is -2.15. The Morgan fingerprint density at radius 2 is 1.82 bits per heavy atom. The maximum Gasteiger partial charge on any atom is 0.253 e. The van der Waals surface area contributed by atoms with Crippen molar-refractivity contribution < 1.29 is 0 Å². The Morgan fingerprint density at radius 3 is 2.59 bits per heavy atom. The molecule has 0 saturated carbocycles. The van der Waals surface area contributed by atoms with E-state index in [0.29, 0.717) is 17.1 Å². The van der Waals surface area contributed by atoms with Crippen molar-refractivity contribution in [2.75, 3.05) is 5.32 Å². The number of aromatic amines is 1. The van der Waals surface area contributed by atoms with Crippen molar-refractivity contribution in [1.29, 1.82) is 0 Å². The number of para-hydroxylation sites is 1. The highest BCUT2D eigenvalue weighted by Gasteiger charge is 2.06. The van der Waals surface area contributed by atoms with Crippen LogP contribution in [-0.2, 0) is 6.54 Å².